The summed E-state index contributed by atoms with van der Waals surface area (Å²) in [5, 5.41) is 9.46. The second-order valence-electron chi connectivity index (χ2n) is 6.09. The number of ether oxygens (including phenoxy) is 1. The van der Waals surface area contributed by atoms with E-state index < -0.39 is 0 Å². The Labute approximate surface area is 121 Å². The third-order valence-electron chi connectivity index (χ3n) is 4.38. The van der Waals surface area contributed by atoms with Crippen molar-refractivity contribution in [3.8, 4) is 0 Å². The minimum Gasteiger partial charge on any atom is -0.396 e. The molecule has 0 aromatic rings. The Hall–Kier alpha value is -0.650. The van der Waals surface area contributed by atoms with Crippen LogP contribution in [0.2, 0.25) is 0 Å². The Bertz CT molecular complexity index is 305. The molecule has 0 aliphatic carbocycles. The normalized spacial score (nSPS) is 28.0. The molecule has 116 valence electrons. The minimum absolute atomic E-state index is 0.0661. The number of carbonyl (C=O) groups is 1. The lowest BCUT2D eigenvalue weighted by Gasteiger charge is -2.38. The van der Waals surface area contributed by atoms with Crippen molar-refractivity contribution in [3.05, 3.63) is 0 Å². The highest BCUT2D eigenvalue weighted by atomic mass is 16.5. The zero-order valence-electron chi connectivity index (χ0n) is 12.6. The molecule has 0 spiro atoms. The fraction of sp³-hybridized carbons (Fsp3) is 0.933. The first-order valence-corrected chi connectivity index (χ1v) is 7.91. The van der Waals surface area contributed by atoms with Crippen molar-refractivity contribution < 1.29 is 14.6 Å². The minimum atomic E-state index is 0.0661. The van der Waals surface area contributed by atoms with Gasteiger partial charge in [-0.25, -0.2) is 0 Å². The van der Waals surface area contributed by atoms with Crippen molar-refractivity contribution in [2.24, 2.45) is 11.8 Å². The molecule has 5 heteroatoms. The first-order chi connectivity index (χ1) is 9.72. The zero-order valence-corrected chi connectivity index (χ0v) is 12.6. The standard InChI is InChI=1S/C15H28N2O3/c1-2-20-12-15(19)17-9-13(7-14(10-17)11-18)8-16-5-3-4-6-16/h13-14,18H,2-12H2,1H3/t13-,14+/m1/s1. The lowest BCUT2D eigenvalue weighted by atomic mass is 9.89. The SMILES string of the molecule is CCOCC(=O)N1C[C@@H](CN2CCCC2)C[C@H](CO)C1. The average Bonchev–Trinajstić information content (AvgIpc) is 2.97. The first-order valence-electron chi connectivity index (χ1n) is 7.91. The lowest BCUT2D eigenvalue weighted by molar-refractivity contribution is -0.139. The maximum Gasteiger partial charge on any atom is 0.248 e. The van der Waals surface area contributed by atoms with Gasteiger partial charge >= 0.3 is 0 Å². The summed E-state index contributed by atoms with van der Waals surface area (Å²) in [4.78, 5) is 16.5. The molecule has 20 heavy (non-hydrogen) atoms. The summed E-state index contributed by atoms with van der Waals surface area (Å²) in [7, 11) is 0. The molecule has 0 bridgehead atoms. The van der Waals surface area contributed by atoms with E-state index in [1.165, 1.54) is 25.9 Å². The second kappa shape index (κ2) is 7.96. The first kappa shape index (κ1) is 15.7. The summed E-state index contributed by atoms with van der Waals surface area (Å²) < 4.78 is 5.22. The van der Waals surface area contributed by atoms with Gasteiger partial charge in [-0.15, -0.1) is 0 Å². The van der Waals surface area contributed by atoms with Gasteiger partial charge in [0, 0.05) is 32.8 Å². The van der Waals surface area contributed by atoms with Gasteiger partial charge in [0.25, 0.3) is 0 Å². The van der Waals surface area contributed by atoms with Crippen LogP contribution in [0.5, 0.6) is 0 Å². The summed E-state index contributed by atoms with van der Waals surface area (Å²) in [6, 6.07) is 0. The Balaban J connectivity index is 1.86. The van der Waals surface area contributed by atoms with Crippen molar-refractivity contribution in [2.75, 3.05) is 52.5 Å². The highest BCUT2D eigenvalue weighted by Crippen LogP contribution is 2.24. The Morgan fingerprint density at radius 1 is 1.25 bits per heavy atom. The molecule has 2 fully saturated rings. The molecular formula is C15H28N2O3. The molecule has 0 radical (unpaired) electrons. The van der Waals surface area contributed by atoms with E-state index in [-0.39, 0.29) is 25.0 Å². The van der Waals surface area contributed by atoms with E-state index >= 15 is 0 Å². The molecule has 0 aromatic carbocycles. The molecule has 2 rings (SSSR count). The van der Waals surface area contributed by atoms with Crippen LogP contribution >= 0.6 is 0 Å². The van der Waals surface area contributed by atoms with Crippen LogP contribution in [0.4, 0.5) is 0 Å². The van der Waals surface area contributed by atoms with E-state index in [9.17, 15) is 9.90 Å². The highest BCUT2D eigenvalue weighted by molar-refractivity contribution is 5.77. The molecule has 1 N–H and O–H groups in total. The number of piperidine rings is 1. The summed E-state index contributed by atoms with van der Waals surface area (Å²) in [6.07, 6.45) is 3.62. The van der Waals surface area contributed by atoms with E-state index in [0.29, 0.717) is 19.1 Å². The van der Waals surface area contributed by atoms with Crippen LogP contribution in [0.15, 0.2) is 0 Å². The van der Waals surface area contributed by atoms with E-state index in [4.69, 9.17) is 4.74 Å². The maximum absolute atomic E-state index is 12.1. The Kier molecular flexibility index (Phi) is 6.26. The Morgan fingerprint density at radius 2 is 1.95 bits per heavy atom. The van der Waals surface area contributed by atoms with E-state index in [0.717, 1.165) is 19.5 Å². The van der Waals surface area contributed by atoms with Crippen LogP contribution in [-0.2, 0) is 9.53 Å². The van der Waals surface area contributed by atoms with Gasteiger partial charge in [0.2, 0.25) is 5.91 Å². The van der Waals surface area contributed by atoms with Crippen LogP contribution in [0.25, 0.3) is 0 Å². The van der Waals surface area contributed by atoms with Gasteiger partial charge in [-0.1, -0.05) is 0 Å². The number of hydrogen-bond donors (Lipinski definition) is 1. The summed E-state index contributed by atoms with van der Waals surface area (Å²) in [5.41, 5.74) is 0. The number of rotatable bonds is 6. The molecular weight excluding hydrogens is 256 g/mol. The van der Waals surface area contributed by atoms with Crippen LogP contribution in [0, 0.1) is 11.8 Å². The lowest BCUT2D eigenvalue weighted by Crippen LogP contribution is -2.48. The molecule has 2 atom stereocenters. The number of likely N-dealkylation sites (tertiary alicyclic amines) is 2. The largest absolute Gasteiger partial charge is 0.396 e. The fourth-order valence-corrected chi connectivity index (χ4v) is 3.40. The van der Waals surface area contributed by atoms with Crippen molar-refractivity contribution in [3.63, 3.8) is 0 Å². The molecule has 1 amide bonds. The van der Waals surface area contributed by atoms with Crippen molar-refractivity contribution in [1.29, 1.82) is 0 Å². The third kappa shape index (κ3) is 4.43. The summed E-state index contributed by atoms with van der Waals surface area (Å²) >= 11 is 0. The predicted octanol–water partition coefficient (Wildman–Crippen LogP) is 0.576. The van der Waals surface area contributed by atoms with Crippen molar-refractivity contribution in [2.45, 2.75) is 26.2 Å². The molecule has 5 nitrogen and oxygen atoms in total. The van der Waals surface area contributed by atoms with Gasteiger partial charge in [0.1, 0.15) is 6.61 Å². The quantitative estimate of drug-likeness (QED) is 0.775. The fourth-order valence-electron chi connectivity index (χ4n) is 3.40. The Morgan fingerprint density at radius 3 is 2.60 bits per heavy atom. The maximum atomic E-state index is 12.1. The van der Waals surface area contributed by atoms with Crippen molar-refractivity contribution in [1.82, 2.24) is 9.80 Å². The molecule has 2 saturated heterocycles. The van der Waals surface area contributed by atoms with Gasteiger partial charge in [-0.3, -0.25) is 4.79 Å². The number of aliphatic hydroxyl groups excluding tert-OH is 1. The number of aliphatic hydroxyl groups is 1. The third-order valence-corrected chi connectivity index (χ3v) is 4.38. The van der Waals surface area contributed by atoms with Crippen LogP contribution in [0.1, 0.15) is 26.2 Å². The molecule has 0 aromatic heterocycles. The smallest absolute Gasteiger partial charge is 0.248 e. The second-order valence-corrected chi connectivity index (χ2v) is 6.09. The molecule has 2 heterocycles. The van der Waals surface area contributed by atoms with Gasteiger partial charge in [-0.05, 0) is 51.1 Å². The number of carbonyl (C=O) groups excluding carboxylic acids is 1. The predicted molar refractivity (Wildman–Crippen MR) is 77.4 cm³/mol. The van der Waals surface area contributed by atoms with E-state index in [1.54, 1.807) is 0 Å². The van der Waals surface area contributed by atoms with Crippen LogP contribution < -0.4 is 0 Å². The molecule has 0 unspecified atom stereocenters. The molecule has 0 saturated carbocycles. The van der Waals surface area contributed by atoms with Crippen molar-refractivity contribution >= 4 is 5.91 Å². The van der Waals surface area contributed by atoms with Gasteiger partial charge < -0.3 is 19.6 Å². The number of nitrogens with zero attached hydrogens (tertiary/aromatic N) is 2. The topological polar surface area (TPSA) is 53.0 Å². The number of hydrogen-bond acceptors (Lipinski definition) is 4. The molecule has 2 aliphatic rings. The highest BCUT2D eigenvalue weighted by Gasteiger charge is 2.31. The molecule has 2 aliphatic heterocycles. The van der Waals surface area contributed by atoms with E-state index in [2.05, 4.69) is 4.90 Å². The average molecular weight is 284 g/mol. The number of amides is 1. The van der Waals surface area contributed by atoms with Crippen LogP contribution in [-0.4, -0.2) is 73.4 Å². The summed E-state index contributed by atoms with van der Waals surface area (Å²) in [5.74, 6) is 0.780. The van der Waals surface area contributed by atoms with E-state index in [1.807, 2.05) is 11.8 Å². The van der Waals surface area contributed by atoms with Gasteiger partial charge in [-0.2, -0.15) is 0 Å². The van der Waals surface area contributed by atoms with Crippen LogP contribution in [0.3, 0.4) is 0 Å². The van der Waals surface area contributed by atoms with Gasteiger partial charge in [0.15, 0.2) is 0 Å². The summed E-state index contributed by atoms with van der Waals surface area (Å²) in [6.45, 7) is 7.75. The van der Waals surface area contributed by atoms with Gasteiger partial charge in [0.05, 0.1) is 0 Å². The zero-order chi connectivity index (χ0) is 14.4. The monoisotopic (exact) mass is 284 g/mol.